The topological polar surface area (TPSA) is 24.5 Å². The first-order chi connectivity index (χ1) is 9.06. The van der Waals surface area contributed by atoms with Gasteiger partial charge in [-0.1, -0.05) is 13.8 Å². The minimum absolute atomic E-state index is 0.352. The van der Waals surface area contributed by atoms with Crippen molar-refractivity contribution in [3.05, 3.63) is 0 Å². The average molecular weight is 268 g/mol. The van der Waals surface area contributed by atoms with Gasteiger partial charge in [-0.25, -0.2) is 0 Å². The van der Waals surface area contributed by atoms with E-state index >= 15 is 0 Å². The van der Waals surface area contributed by atoms with Gasteiger partial charge in [0.25, 0.3) is 0 Å². The van der Waals surface area contributed by atoms with Crippen LogP contribution in [0.5, 0.6) is 0 Å². The standard InChI is InChI=1S/C16H32N2O/c1-12(2)9-15-10-17-16(14-5-6-14)11-18(15)7-8-19-13(3)4/h12-17H,5-11H2,1-4H3. The maximum absolute atomic E-state index is 5.75. The molecule has 112 valence electrons. The molecule has 0 radical (unpaired) electrons. The summed E-state index contributed by atoms with van der Waals surface area (Å²) in [5.74, 6) is 1.73. The fourth-order valence-corrected chi connectivity index (χ4v) is 3.15. The van der Waals surface area contributed by atoms with Crippen molar-refractivity contribution in [3.63, 3.8) is 0 Å². The van der Waals surface area contributed by atoms with Crippen LogP contribution in [-0.2, 0) is 4.74 Å². The van der Waals surface area contributed by atoms with Gasteiger partial charge >= 0.3 is 0 Å². The lowest BCUT2D eigenvalue weighted by Gasteiger charge is -2.41. The van der Waals surface area contributed by atoms with Crippen LogP contribution in [0.3, 0.4) is 0 Å². The van der Waals surface area contributed by atoms with E-state index < -0.39 is 0 Å². The zero-order chi connectivity index (χ0) is 13.8. The number of rotatable bonds is 7. The van der Waals surface area contributed by atoms with Crippen LogP contribution >= 0.6 is 0 Å². The van der Waals surface area contributed by atoms with E-state index in [2.05, 4.69) is 37.9 Å². The SMILES string of the molecule is CC(C)CC1CNC(C2CC2)CN1CCOC(C)C. The van der Waals surface area contributed by atoms with Gasteiger partial charge in [-0.3, -0.25) is 4.90 Å². The molecule has 2 unspecified atom stereocenters. The van der Waals surface area contributed by atoms with Gasteiger partial charge in [-0.05, 0) is 44.9 Å². The molecule has 0 spiro atoms. The Bertz CT molecular complexity index is 263. The Hall–Kier alpha value is -0.120. The lowest BCUT2D eigenvalue weighted by Crippen LogP contribution is -2.58. The molecule has 0 aromatic heterocycles. The maximum atomic E-state index is 5.75. The highest BCUT2D eigenvalue weighted by molar-refractivity contribution is 4.94. The Labute approximate surface area is 119 Å². The first kappa shape index (κ1) is 15.3. The molecule has 1 saturated carbocycles. The smallest absolute Gasteiger partial charge is 0.0597 e. The molecule has 2 aliphatic rings. The summed E-state index contributed by atoms with van der Waals surface area (Å²) in [5, 5.41) is 3.78. The van der Waals surface area contributed by atoms with Gasteiger partial charge in [-0.2, -0.15) is 0 Å². The summed E-state index contributed by atoms with van der Waals surface area (Å²) in [4.78, 5) is 2.68. The summed E-state index contributed by atoms with van der Waals surface area (Å²) < 4.78 is 5.75. The van der Waals surface area contributed by atoms with E-state index in [0.717, 1.165) is 31.0 Å². The van der Waals surface area contributed by atoms with Crippen molar-refractivity contribution in [1.82, 2.24) is 10.2 Å². The molecule has 0 aromatic carbocycles. The van der Waals surface area contributed by atoms with Crippen LogP contribution in [0, 0.1) is 11.8 Å². The first-order valence-electron chi connectivity index (χ1n) is 8.15. The predicted octanol–water partition coefficient (Wildman–Crippen LogP) is 2.51. The van der Waals surface area contributed by atoms with Gasteiger partial charge in [0.15, 0.2) is 0 Å². The number of nitrogens with one attached hydrogen (secondary N) is 1. The van der Waals surface area contributed by atoms with Crippen LogP contribution < -0.4 is 5.32 Å². The third kappa shape index (κ3) is 5.05. The van der Waals surface area contributed by atoms with Crippen LogP contribution in [0.15, 0.2) is 0 Å². The van der Waals surface area contributed by atoms with Crippen molar-refractivity contribution in [2.24, 2.45) is 11.8 Å². The number of ether oxygens (including phenoxy) is 1. The van der Waals surface area contributed by atoms with Crippen LogP contribution in [0.25, 0.3) is 0 Å². The molecule has 3 nitrogen and oxygen atoms in total. The lowest BCUT2D eigenvalue weighted by atomic mass is 9.98. The predicted molar refractivity (Wildman–Crippen MR) is 80.4 cm³/mol. The van der Waals surface area contributed by atoms with Crippen molar-refractivity contribution in [2.45, 2.75) is 65.1 Å². The van der Waals surface area contributed by atoms with Crippen molar-refractivity contribution in [1.29, 1.82) is 0 Å². The molecule has 1 aliphatic heterocycles. The molecule has 2 atom stereocenters. The molecule has 19 heavy (non-hydrogen) atoms. The van der Waals surface area contributed by atoms with E-state index in [1.165, 1.54) is 32.4 Å². The van der Waals surface area contributed by atoms with Gasteiger partial charge in [0.1, 0.15) is 0 Å². The van der Waals surface area contributed by atoms with Crippen molar-refractivity contribution >= 4 is 0 Å². The van der Waals surface area contributed by atoms with Crippen molar-refractivity contribution in [2.75, 3.05) is 26.2 Å². The third-order valence-electron chi connectivity index (χ3n) is 4.33. The molecule has 3 heteroatoms. The fraction of sp³-hybridized carbons (Fsp3) is 1.00. The molecule has 0 amide bonds. The zero-order valence-electron chi connectivity index (χ0n) is 13.2. The Morgan fingerprint density at radius 1 is 1.21 bits per heavy atom. The normalized spacial score (nSPS) is 29.4. The largest absolute Gasteiger partial charge is 0.377 e. The summed E-state index contributed by atoms with van der Waals surface area (Å²) in [6.07, 6.45) is 4.52. The van der Waals surface area contributed by atoms with E-state index in [1.807, 2.05) is 0 Å². The minimum Gasteiger partial charge on any atom is -0.377 e. The highest BCUT2D eigenvalue weighted by atomic mass is 16.5. The summed E-state index contributed by atoms with van der Waals surface area (Å²) in [5.41, 5.74) is 0. The second-order valence-corrected chi connectivity index (χ2v) is 7.05. The molecule has 1 N–H and O–H groups in total. The van der Waals surface area contributed by atoms with Gasteiger partial charge in [0, 0.05) is 31.7 Å². The number of piperazine rings is 1. The van der Waals surface area contributed by atoms with Crippen LogP contribution in [0.4, 0.5) is 0 Å². The van der Waals surface area contributed by atoms with Gasteiger partial charge in [0.05, 0.1) is 12.7 Å². The molecule has 1 heterocycles. The molecule has 2 fully saturated rings. The van der Waals surface area contributed by atoms with Crippen molar-refractivity contribution in [3.8, 4) is 0 Å². The third-order valence-corrected chi connectivity index (χ3v) is 4.33. The van der Waals surface area contributed by atoms with Crippen molar-refractivity contribution < 1.29 is 4.74 Å². The Morgan fingerprint density at radius 2 is 1.95 bits per heavy atom. The van der Waals surface area contributed by atoms with Crippen LogP contribution in [0.2, 0.25) is 0 Å². The lowest BCUT2D eigenvalue weighted by molar-refractivity contribution is 0.0307. The van der Waals surface area contributed by atoms with E-state index in [9.17, 15) is 0 Å². The number of hydrogen-bond acceptors (Lipinski definition) is 3. The Morgan fingerprint density at radius 3 is 2.53 bits per heavy atom. The molecule has 1 aliphatic carbocycles. The molecule has 1 saturated heterocycles. The van der Waals surface area contributed by atoms with E-state index in [0.29, 0.717) is 12.1 Å². The molecular weight excluding hydrogens is 236 g/mol. The quantitative estimate of drug-likeness (QED) is 0.768. The molecule has 2 rings (SSSR count). The summed E-state index contributed by atoms with van der Waals surface area (Å²) in [7, 11) is 0. The average Bonchev–Trinajstić information content (AvgIpc) is 3.14. The first-order valence-corrected chi connectivity index (χ1v) is 8.15. The van der Waals surface area contributed by atoms with E-state index in [4.69, 9.17) is 4.74 Å². The summed E-state index contributed by atoms with van der Waals surface area (Å²) in [6.45, 7) is 13.3. The Kier molecular flexibility index (Phi) is 5.67. The minimum atomic E-state index is 0.352. The summed E-state index contributed by atoms with van der Waals surface area (Å²) in [6, 6.07) is 1.44. The monoisotopic (exact) mass is 268 g/mol. The zero-order valence-corrected chi connectivity index (χ0v) is 13.2. The van der Waals surface area contributed by atoms with Crippen LogP contribution in [0.1, 0.15) is 47.0 Å². The maximum Gasteiger partial charge on any atom is 0.0597 e. The molecule has 0 aromatic rings. The van der Waals surface area contributed by atoms with Gasteiger partial charge in [0.2, 0.25) is 0 Å². The van der Waals surface area contributed by atoms with Gasteiger partial charge in [-0.15, -0.1) is 0 Å². The van der Waals surface area contributed by atoms with E-state index in [1.54, 1.807) is 0 Å². The van der Waals surface area contributed by atoms with Crippen LogP contribution in [-0.4, -0.2) is 49.3 Å². The van der Waals surface area contributed by atoms with E-state index in [-0.39, 0.29) is 0 Å². The fourth-order valence-electron chi connectivity index (χ4n) is 3.15. The number of nitrogens with zero attached hydrogens (tertiary/aromatic N) is 1. The Balaban J connectivity index is 1.82. The second-order valence-electron chi connectivity index (χ2n) is 7.05. The second kappa shape index (κ2) is 7.05. The highest BCUT2D eigenvalue weighted by Gasteiger charge is 2.37. The summed E-state index contributed by atoms with van der Waals surface area (Å²) >= 11 is 0. The highest BCUT2D eigenvalue weighted by Crippen LogP contribution is 2.34. The number of hydrogen-bond donors (Lipinski definition) is 1. The van der Waals surface area contributed by atoms with Gasteiger partial charge < -0.3 is 10.1 Å². The molecular formula is C16H32N2O. The molecule has 0 bridgehead atoms.